The molecule has 0 fully saturated rings. The van der Waals surface area contributed by atoms with Crippen LogP contribution in [0.1, 0.15) is 12.6 Å². The van der Waals surface area contributed by atoms with E-state index in [1.54, 1.807) is 0 Å². The second-order valence-electron chi connectivity index (χ2n) is 4.90. The number of nitrogens with zero attached hydrogens (tertiary/aromatic N) is 2. The zero-order valence-electron chi connectivity index (χ0n) is 11.6. The Hall–Kier alpha value is -2.03. The number of hydrogen-bond acceptors (Lipinski definition) is 2. The van der Waals surface area contributed by atoms with Gasteiger partial charge in [0.25, 0.3) is 5.82 Å². The molecule has 1 aromatic heterocycles. The van der Waals surface area contributed by atoms with Crippen molar-refractivity contribution in [2.45, 2.75) is 20.4 Å². The molecule has 1 aliphatic heterocycles. The lowest BCUT2D eigenvalue weighted by Crippen LogP contribution is -2.35. The fraction of sp³-hybridized carbons (Fsp3) is 0.312. The van der Waals surface area contributed by atoms with E-state index in [1.807, 2.05) is 0 Å². The van der Waals surface area contributed by atoms with Gasteiger partial charge in [0.15, 0.2) is 0 Å². The number of para-hydroxylation sites is 1. The van der Waals surface area contributed by atoms with Crippen molar-refractivity contribution in [1.29, 1.82) is 0 Å². The number of hydrogen-bond donors (Lipinski definition) is 1. The van der Waals surface area contributed by atoms with Crippen LogP contribution in [0.25, 0.3) is 0 Å². The lowest BCUT2D eigenvalue weighted by Gasteiger charge is -2.23. The third-order valence-electron chi connectivity index (χ3n) is 3.70. The third-order valence-corrected chi connectivity index (χ3v) is 3.70. The van der Waals surface area contributed by atoms with Crippen LogP contribution >= 0.6 is 0 Å². The Morgan fingerprint density at radius 2 is 1.95 bits per heavy atom. The van der Waals surface area contributed by atoms with E-state index in [0.29, 0.717) is 0 Å². The summed E-state index contributed by atoms with van der Waals surface area (Å²) in [6.45, 7) is 7.43. The summed E-state index contributed by atoms with van der Waals surface area (Å²) in [4.78, 5) is 2.34. The molecule has 0 aliphatic carbocycles. The summed E-state index contributed by atoms with van der Waals surface area (Å²) < 4.78 is 2.34. The molecule has 2 aromatic rings. The number of anilines is 3. The van der Waals surface area contributed by atoms with Crippen LogP contribution in [0.15, 0.2) is 42.5 Å². The van der Waals surface area contributed by atoms with Crippen LogP contribution < -0.4 is 14.8 Å². The molecule has 0 amide bonds. The molecule has 0 saturated heterocycles. The molecular formula is C16H20N3+. The second-order valence-corrected chi connectivity index (χ2v) is 4.90. The van der Waals surface area contributed by atoms with Gasteiger partial charge in [-0.2, -0.15) is 0 Å². The highest BCUT2D eigenvalue weighted by Crippen LogP contribution is 2.27. The lowest BCUT2D eigenvalue weighted by atomic mass is 10.2. The molecule has 0 atom stereocenters. The highest BCUT2D eigenvalue weighted by molar-refractivity contribution is 5.65. The Morgan fingerprint density at radius 1 is 1.16 bits per heavy atom. The van der Waals surface area contributed by atoms with Gasteiger partial charge in [0.2, 0.25) is 0 Å². The minimum Gasteiger partial charge on any atom is -0.341 e. The van der Waals surface area contributed by atoms with Crippen LogP contribution in [0.2, 0.25) is 0 Å². The molecule has 1 N–H and O–H groups in total. The molecular weight excluding hydrogens is 234 g/mol. The second kappa shape index (κ2) is 4.92. The first kappa shape index (κ1) is 12.0. The molecule has 2 heterocycles. The predicted octanol–water partition coefficient (Wildman–Crippen LogP) is 2.87. The van der Waals surface area contributed by atoms with Gasteiger partial charge in [-0.3, -0.25) is 5.32 Å². The number of nitrogens with one attached hydrogen (secondary N) is 1. The number of pyridine rings is 1. The summed E-state index contributed by atoms with van der Waals surface area (Å²) >= 11 is 0. The molecule has 0 saturated carbocycles. The molecule has 19 heavy (non-hydrogen) atoms. The standard InChI is InChI=1S/C16H19N3/c1-3-18(14-7-5-4-6-8-14)15-11-13(2)19-10-9-17-16(19)12-15/h4-8,11-12H,3,9-10H2,1-2H3/p+1. The maximum Gasteiger partial charge on any atom is 0.276 e. The number of aromatic nitrogens is 1. The first-order valence-electron chi connectivity index (χ1n) is 6.90. The van der Waals surface area contributed by atoms with Gasteiger partial charge in [-0.1, -0.05) is 18.2 Å². The molecule has 0 bridgehead atoms. The average Bonchev–Trinajstić information content (AvgIpc) is 2.90. The number of rotatable bonds is 3. The van der Waals surface area contributed by atoms with Crippen molar-refractivity contribution in [3.8, 4) is 0 Å². The molecule has 3 heteroatoms. The van der Waals surface area contributed by atoms with Crippen molar-refractivity contribution in [3.05, 3.63) is 48.2 Å². The summed E-state index contributed by atoms with van der Waals surface area (Å²) in [5, 5.41) is 3.45. The van der Waals surface area contributed by atoms with Crippen LogP contribution in [0.5, 0.6) is 0 Å². The van der Waals surface area contributed by atoms with Gasteiger partial charge >= 0.3 is 0 Å². The van der Waals surface area contributed by atoms with Gasteiger partial charge in [-0.05, 0) is 26.0 Å². The van der Waals surface area contributed by atoms with Crippen molar-refractivity contribution < 1.29 is 4.57 Å². The molecule has 98 valence electrons. The Bertz CT molecular complexity index is 578. The van der Waals surface area contributed by atoms with Crippen LogP contribution in [0, 0.1) is 6.92 Å². The Labute approximate surface area is 114 Å². The number of fused-ring (bicyclic) bond motifs is 1. The van der Waals surface area contributed by atoms with Crippen LogP contribution in [-0.2, 0) is 6.54 Å². The molecule has 0 radical (unpaired) electrons. The van der Waals surface area contributed by atoms with Crippen molar-refractivity contribution in [1.82, 2.24) is 0 Å². The van der Waals surface area contributed by atoms with Crippen molar-refractivity contribution in [2.24, 2.45) is 0 Å². The maximum atomic E-state index is 3.45. The fourth-order valence-electron chi connectivity index (χ4n) is 2.76. The molecule has 1 aliphatic rings. The van der Waals surface area contributed by atoms with E-state index in [2.05, 4.69) is 71.1 Å². The molecule has 0 spiro atoms. The SMILES string of the molecule is CCN(c1ccccc1)c1cc(C)[n+]2c(c1)NCC2. The summed E-state index contributed by atoms with van der Waals surface area (Å²) in [7, 11) is 0. The molecule has 3 rings (SSSR count). The zero-order valence-corrected chi connectivity index (χ0v) is 11.6. The van der Waals surface area contributed by atoms with Crippen molar-refractivity contribution >= 4 is 17.2 Å². The van der Waals surface area contributed by atoms with E-state index in [-0.39, 0.29) is 0 Å². The number of aryl methyl sites for hydroxylation is 1. The normalized spacial score (nSPS) is 12.9. The van der Waals surface area contributed by atoms with Gasteiger partial charge in [0.1, 0.15) is 18.8 Å². The van der Waals surface area contributed by atoms with E-state index >= 15 is 0 Å². The van der Waals surface area contributed by atoms with Gasteiger partial charge in [0.05, 0.1) is 11.8 Å². The monoisotopic (exact) mass is 254 g/mol. The van der Waals surface area contributed by atoms with Gasteiger partial charge in [-0.15, -0.1) is 0 Å². The van der Waals surface area contributed by atoms with E-state index in [4.69, 9.17) is 0 Å². The van der Waals surface area contributed by atoms with Gasteiger partial charge in [-0.25, -0.2) is 4.57 Å². The topological polar surface area (TPSA) is 19.1 Å². The summed E-state index contributed by atoms with van der Waals surface area (Å²) in [5.74, 6) is 1.23. The Balaban J connectivity index is 2.03. The summed E-state index contributed by atoms with van der Waals surface area (Å²) in [6, 6.07) is 15.1. The highest BCUT2D eigenvalue weighted by Gasteiger charge is 2.21. The lowest BCUT2D eigenvalue weighted by molar-refractivity contribution is -0.676. The zero-order chi connectivity index (χ0) is 13.2. The van der Waals surface area contributed by atoms with Gasteiger partial charge in [0, 0.05) is 18.3 Å². The molecule has 1 aromatic carbocycles. The molecule has 0 unspecified atom stereocenters. The minimum absolute atomic E-state index is 0.965. The van der Waals surface area contributed by atoms with E-state index in [1.165, 1.54) is 22.9 Å². The first-order valence-corrected chi connectivity index (χ1v) is 6.90. The Kier molecular flexibility index (Phi) is 3.11. The van der Waals surface area contributed by atoms with E-state index in [9.17, 15) is 0 Å². The van der Waals surface area contributed by atoms with E-state index in [0.717, 1.165) is 19.6 Å². The van der Waals surface area contributed by atoms with Crippen LogP contribution in [0.4, 0.5) is 17.2 Å². The average molecular weight is 254 g/mol. The summed E-state index contributed by atoms with van der Waals surface area (Å²) in [5.41, 5.74) is 3.81. The fourth-order valence-corrected chi connectivity index (χ4v) is 2.76. The molecule has 3 nitrogen and oxygen atoms in total. The third kappa shape index (κ3) is 2.16. The maximum absolute atomic E-state index is 3.45. The van der Waals surface area contributed by atoms with Gasteiger partial charge < -0.3 is 4.90 Å². The van der Waals surface area contributed by atoms with Crippen molar-refractivity contribution in [3.63, 3.8) is 0 Å². The van der Waals surface area contributed by atoms with Crippen LogP contribution in [0.3, 0.4) is 0 Å². The highest BCUT2D eigenvalue weighted by atomic mass is 15.2. The van der Waals surface area contributed by atoms with E-state index < -0.39 is 0 Å². The number of benzene rings is 1. The predicted molar refractivity (Wildman–Crippen MR) is 79.0 cm³/mol. The quantitative estimate of drug-likeness (QED) is 0.849. The largest absolute Gasteiger partial charge is 0.341 e. The Morgan fingerprint density at radius 3 is 2.68 bits per heavy atom. The first-order chi connectivity index (χ1) is 9.29. The smallest absolute Gasteiger partial charge is 0.276 e. The minimum atomic E-state index is 0.965. The van der Waals surface area contributed by atoms with Crippen LogP contribution in [-0.4, -0.2) is 13.1 Å². The summed E-state index contributed by atoms with van der Waals surface area (Å²) in [6.07, 6.45) is 0. The van der Waals surface area contributed by atoms with Crippen molar-refractivity contribution in [2.75, 3.05) is 23.3 Å².